The molecule has 0 aliphatic rings. The first-order valence-electron chi connectivity index (χ1n) is 29.5. The Morgan fingerprint density at radius 1 is 0.561 bits per heavy atom. The lowest BCUT2D eigenvalue weighted by atomic mass is 10.1. The van der Waals surface area contributed by atoms with Crippen LogP contribution in [0.4, 0.5) is 81.6 Å². The molecule has 2 aromatic heterocycles. The van der Waals surface area contributed by atoms with Crippen molar-refractivity contribution in [1.82, 2.24) is 19.1 Å². The Morgan fingerprint density at radius 2 is 0.916 bits per heavy atom. The molecule has 0 saturated carbocycles. The van der Waals surface area contributed by atoms with Gasteiger partial charge in [0, 0.05) is 17.1 Å². The smallest absolute Gasteiger partial charge is 0.354 e. The third-order valence-corrected chi connectivity index (χ3v) is 12.5. The Labute approximate surface area is 622 Å². The fourth-order valence-corrected chi connectivity index (χ4v) is 7.38. The molecular weight excluding hydrogens is 1520 g/mol. The molecule has 31 heteroatoms. The number of aromatic carboxylic acids is 1. The zero-order valence-corrected chi connectivity index (χ0v) is 58.1. The number of nitriles is 1. The van der Waals surface area contributed by atoms with Crippen molar-refractivity contribution in [2.24, 2.45) is 10.7 Å². The first kappa shape index (κ1) is 98.0. The number of aliphatic imine (C=N–C) groups is 1. The van der Waals surface area contributed by atoms with Crippen molar-refractivity contribution < 1.29 is 94.5 Å². The Morgan fingerprint density at radius 3 is 1.29 bits per heavy atom. The van der Waals surface area contributed by atoms with Crippen LogP contribution in [0, 0.1) is 104 Å². The lowest BCUT2D eigenvalue weighted by molar-refractivity contribution is -0.104. The highest BCUT2D eigenvalue weighted by molar-refractivity contribution is 9.12. The quantitative estimate of drug-likeness (QED) is 0.0107. The fraction of sp³-hybridized carbons (Fsp3) is 0.171. The summed E-state index contributed by atoms with van der Waals surface area (Å²) in [6.45, 7) is 9.98. The van der Waals surface area contributed by atoms with Gasteiger partial charge in [0.2, 0.25) is 0 Å². The van der Waals surface area contributed by atoms with Crippen LogP contribution in [0.3, 0.4) is 0 Å². The van der Waals surface area contributed by atoms with E-state index in [1.54, 1.807) is 0 Å². The summed E-state index contributed by atoms with van der Waals surface area (Å²) in [4.78, 5) is 43.7. The number of carbonyl (C=O) groups is 3. The Balaban J connectivity index is 0. The van der Waals surface area contributed by atoms with E-state index in [9.17, 15) is 89.7 Å². The van der Waals surface area contributed by atoms with Crippen molar-refractivity contribution in [1.29, 1.82) is 5.26 Å². The maximum absolute atomic E-state index is 14.0. The molecule has 10 rings (SSSR count). The summed E-state index contributed by atoms with van der Waals surface area (Å²) in [5.41, 5.74) is 9.64. The van der Waals surface area contributed by atoms with Crippen molar-refractivity contribution in [2.75, 3.05) is 5.73 Å². The second kappa shape index (κ2) is 48.1. The van der Waals surface area contributed by atoms with Gasteiger partial charge in [0.15, 0.2) is 76.5 Å². The second-order valence-electron chi connectivity index (χ2n) is 21.4. The number of nitrogens with zero attached hydrogens (tertiary/aromatic N) is 6. The molecule has 0 aliphatic carbocycles. The van der Waals surface area contributed by atoms with Crippen LogP contribution in [-0.2, 0) is 9.53 Å². The lowest BCUT2D eigenvalue weighted by Gasteiger charge is -2.12. The number of rotatable bonds is 11. The standard InChI is InChI=1S/C16H8F4N2O2.C16H8F4N2O.C13H8F4N2.C7H2F3N.C6H9BrO2.C6H6FN.C5H10.4CH4.3CH3.Al/c17-8-1-3-9(4-2-8)22-12(16(23)24)7-21-15(22)13-10(18)5-6-11(19)14(13)20;17-9-1-3-10(4-2-9)22-11(8-23)7-21-16(22)14-12(18)5-6-13(19)15(14)20;14-7-1-3-8(4-2-7)19-13(18)11-9(15)5-6-10(16)12(11)17;8-5-1-2-6(9)7(10)4(5)3-11;1-5(2)9-4-6(7)3-8;7-5-1-3-6(8)4-2-5;1-4-5(2)3;;;;;;;;/h1-7H,(H,23,24);1-8H;1-6H,(H2,18,19);1-2H;3-5H,1-2H3;1-4H,8H2;4H,1-3H3;4*1H4;3*1H3;/b;;;;6-4+;;;;;;;;;;. The van der Waals surface area contributed by atoms with Crippen LogP contribution < -0.4 is 11.5 Å². The van der Waals surface area contributed by atoms with Crippen LogP contribution in [-0.4, -0.2) is 68.8 Å². The molecule has 0 fully saturated rings. The summed E-state index contributed by atoms with van der Waals surface area (Å²) in [5.74, 6) is -12.6. The lowest BCUT2D eigenvalue weighted by Crippen LogP contribution is -2.18. The van der Waals surface area contributed by atoms with E-state index in [1.807, 2.05) is 20.8 Å². The predicted octanol–water partition coefficient (Wildman–Crippen LogP) is 22.1. The second-order valence-corrected chi connectivity index (χ2v) is 25.8. The monoisotopic (exact) mass is 1590 g/mol. The van der Waals surface area contributed by atoms with Gasteiger partial charge < -0.3 is 21.3 Å². The van der Waals surface area contributed by atoms with Gasteiger partial charge in [-0.25, -0.2) is 90.0 Å². The highest BCUT2D eigenvalue weighted by Crippen LogP contribution is 2.32. The molecule has 0 atom stereocenters. The van der Waals surface area contributed by atoms with E-state index >= 15 is 0 Å². The molecule has 8 aromatic carbocycles. The average molecular weight is 1590 g/mol. The normalized spacial score (nSPS) is 10.0. The Bertz CT molecular complexity index is 4600. The van der Waals surface area contributed by atoms with Gasteiger partial charge in [-0.1, -0.05) is 41.4 Å². The number of benzene rings is 8. The number of anilines is 1. The summed E-state index contributed by atoms with van der Waals surface area (Å²) < 4.78 is 218. The van der Waals surface area contributed by atoms with Crippen LogP contribution in [0.1, 0.15) is 96.4 Å². The van der Waals surface area contributed by atoms with Crippen LogP contribution in [0.5, 0.6) is 0 Å². The molecule has 0 saturated heterocycles. The summed E-state index contributed by atoms with van der Waals surface area (Å²) in [6.07, 6.45) is 6.67. The molecule has 0 spiro atoms. The number of carboxylic acid groups (broad SMARTS) is 1. The Kier molecular flexibility index (Phi) is 44.1. The summed E-state index contributed by atoms with van der Waals surface area (Å²) in [5, 5.41) is 17.4. The van der Waals surface area contributed by atoms with E-state index in [0.29, 0.717) is 59.1 Å². The average Bonchev–Trinajstić information content (AvgIpc) is 1.67. The molecule has 5 N–H and O–H groups in total. The number of allylic oxidation sites excluding steroid dienone is 3. The van der Waals surface area contributed by atoms with Crippen molar-refractivity contribution in [3.8, 4) is 40.2 Å². The maximum Gasteiger partial charge on any atom is 0.354 e. The number of halogens is 17. The van der Waals surface area contributed by atoms with E-state index in [4.69, 9.17) is 21.5 Å². The van der Waals surface area contributed by atoms with E-state index < -0.39 is 133 Å². The van der Waals surface area contributed by atoms with Gasteiger partial charge in [-0.05, 0) is 196 Å². The molecule has 0 radical (unpaired) electrons. The summed E-state index contributed by atoms with van der Waals surface area (Å²) in [7, 11) is 0. The number of carboxylic acids is 1. The number of nitrogen functional groups attached to an aromatic ring is 1. The van der Waals surface area contributed by atoms with Gasteiger partial charge in [-0.15, -0.1) is 17.4 Å². The highest BCUT2D eigenvalue weighted by Gasteiger charge is 2.26. The number of hydrogen-bond acceptors (Lipinski definition) is 9. The molecule has 0 unspecified atom stereocenters. The number of nitrogens with two attached hydrogens (primary N) is 2. The molecule has 0 bridgehead atoms. The third-order valence-electron chi connectivity index (χ3n) is 12.1. The van der Waals surface area contributed by atoms with Crippen LogP contribution in [0.25, 0.3) is 34.2 Å². The number of amidine groups is 1. The summed E-state index contributed by atoms with van der Waals surface area (Å²) in [6, 6.07) is 26.5. The van der Waals surface area contributed by atoms with Crippen molar-refractivity contribution in [2.45, 2.75) is 87.8 Å². The van der Waals surface area contributed by atoms with Gasteiger partial charge in [0.25, 0.3) is 14.1 Å². The zero-order chi connectivity index (χ0) is 77.5. The maximum atomic E-state index is 14.0. The third kappa shape index (κ3) is 30.5. The number of hydrogen-bond donors (Lipinski definition) is 3. The van der Waals surface area contributed by atoms with E-state index in [-0.39, 0.29) is 84.4 Å². The van der Waals surface area contributed by atoms with Gasteiger partial charge in [-0.3, -0.25) is 18.7 Å². The molecule has 0 amide bonds. The summed E-state index contributed by atoms with van der Waals surface area (Å²) >= 11 is 2.83. The molecule has 107 heavy (non-hydrogen) atoms. The minimum absolute atomic E-state index is 0. The van der Waals surface area contributed by atoms with Crippen LogP contribution in [0.15, 0.2) is 185 Å². The molecule has 10 aromatic rings. The number of ether oxygens (including phenoxy) is 1. The topological polar surface area (TPSA) is 204 Å². The minimum Gasteiger partial charge on any atom is -0.497 e. The van der Waals surface area contributed by atoms with E-state index in [2.05, 4.69) is 68.2 Å². The first-order chi connectivity index (χ1) is 48.5. The molecule has 13 nitrogen and oxygen atoms in total. The number of imidazole rings is 2. The van der Waals surface area contributed by atoms with Crippen LogP contribution in [0.2, 0.25) is 17.4 Å². The zero-order valence-electron chi connectivity index (χ0n) is 55.3. The molecule has 2 heterocycles. The Hall–Kier alpha value is -11.1. The largest absolute Gasteiger partial charge is 0.497 e. The highest BCUT2D eigenvalue weighted by atomic mass is 79.9. The first-order valence-corrected chi connectivity index (χ1v) is 33.8. The molecule has 0 aliphatic heterocycles. The van der Waals surface area contributed by atoms with Crippen molar-refractivity contribution in [3.63, 3.8) is 0 Å². The van der Waals surface area contributed by atoms with Gasteiger partial charge >= 0.3 is 5.97 Å². The molecular formula is C76H76AlBrF16N8O5. The van der Waals surface area contributed by atoms with Crippen molar-refractivity contribution >= 4 is 65.8 Å². The van der Waals surface area contributed by atoms with Crippen LogP contribution >= 0.6 is 15.9 Å². The predicted molar refractivity (Wildman–Crippen MR) is 390 cm³/mol. The number of aldehydes is 2. The van der Waals surface area contributed by atoms with Gasteiger partial charge in [0.1, 0.15) is 76.0 Å². The molecule has 572 valence electrons. The fourth-order valence-electron chi connectivity index (χ4n) is 7.27. The van der Waals surface area contributed by atoms with E-state index in [1.165, 1.54) is 78.6 Å². The minimum atomic E-state index is -1.50. The van der Waals surface area contributed by atoms with Gasteiger partial charge in [-0.2, -0.15) is 5.26 Å². The van der Waals surface area contributed by atoms with E-state index in [0.717, 1.165) is 70.1 Å². The number of aromatic nitrogens is 4. The number of carbonyl (C=O) groups excluding carboxylic acids is 2. The SMILES string of the molecule is C.C.C.C.CC(C)O/C=C(/Br)C=O.CC=C(C)C.N#Cc1c(F)ccc(F)c1F.NC(=Nc1ccc(F)cc1)c1c(F)ccc(F)c1F.Nc1ccc(F)cc1.O=C(O)c1cnc(-c2c(F)ccc(F)c2F)n1-c1ccc(F)cc1.O=Cc1cnc(-c2c(F)ccc(F)c2F)n1-c1ccc(F)cc1.[CH3][Al]([CH3])[CH3]. The van der Waals surface area contributed by atoms with Gasteiger partial charge in [0.05, 0.1) is 45.4 Å². The van der Waals surface area contributed by atoms with Crippen molar-refractivity contribution in [3.05, 3.63) is 296 Å².